The topological polar surface area (TPSA) is 23.8 Å². The van der Waals surface area contributed by atoms with E-state index in [9.17, 15) is 0 Å². The second kappa shape index (κ2) is 6.41. The molecule has 0 amide bonds. The van der Waals surface area contributed by atoms with Gasteiger partial charge in [-0.25, -0.2) is 0 Å². The third kappa shape index (κ3) is 3.23. The normalized spacial score (nSPS) is 10.0. The molecule has 0 fully saturated rings. The molecule has 0 bridgehead atoms. The van der Waals surface area contributed by atoms with Crippen molar-refractivity contribution in [3.63, 3.8) is 0 Å². The molecule has 3 aromatic rings. The van der Waals surface area contributed by atoms with Crippen LogP contribution in [0.15, 0.2) is 78.9 Å². The van der Waals surface area contributed by atoms with Crippen molar-refractivity contribution >= 4 is 23.9 Å². The zero-order valence-electron chi connectivity index (χ0n) is 11.4. The van der Waals surface area contributed by atoms with Crippen LogP contribution in [0, 0.1) is 11.3 Å². The van der Waals surface area contributed by atoms with Crippen molar-refractivity contribution in [3.05, 3.63) is 84.4 Å². The van der Waals surface area contributed by atoms with Gasteiger partial charge in [0.05, 0.1) is 0 Å². The summed E-state index contributed by atoms with van der Waals surface area (Å²) in [7, 11) is 0. The summed E-state index contributed by atoms with van der Waals surface area (Å²) in [5.74, 6) is 0. The number of hydrogen-bond acceptors (Lipinski definition) is 1. The first-order valence-corrected chi connectivity index (χ1v) is 8.40. The Bertz CT molecular complexity index is 771. The van der Waals surface area contributed by atoms with Crippen molar-refractivity contribution in [1.29, 1.82) is 5.26 Å². The van der Waals surface area contributed by atoms with Crippen molar-refractivity contribution in [1.82, 2.24) is 0 Å². The van der Waals surface area contributed by atoms with E-state index in [1.165, 1.54) is 20.1 Å². The fourth-order valence-corrected chi connectivity index (χ4v) is 4.21. The molecular weight excluding hydrogens is 321 g/mol. The Kier molecular flexibility index (Phi) is 4.17. The van der Waals surface area contributed by atoms with Gasteiger partial charge in [-0.1, -0.05) is 0 Å². The minimum atomic E-state index is 0.283. The molecule has 0 aromatic heterocycles. The molecule has 3 rings (SSSR count). The molecule has 21 heavy (non-hydrogen) atoms. The molecule has 1 nitrogen and oxygen atoms in total. The number of nitrogens with zero attached hydrogens (tertiary/aromatic N) is 1. The number of hydrogen-bond donors (Lipinski definition) is 0. The van der Waals surface area contributed by atoms with Crippen LogP contribution < -0.4 is 8.92 Å². The van der Waals surface area contributed by atoms with Gasteiger partial charge in [-0.15, -0.1) is 0 Å². The second-order valence-corrected chi connectivity index (χ2v) is 6.94. The molecule has 0 aliphatic rings. The summed E-state index contributed by atoms with van der Waals surface area (Å²) < 4.78 is 2.73. The third-order valence-electron chi connectivity index (χ3n) is 3.18. The molecule has 0 unspecified atom stereocenters. The van der Waals surface area contributed by atoms with Gasteiger partial charge in [-0.05, 0) is 0 Å². The summed E-state index contributed by atoms with van der Waals surface area (Å²) in [6.07, 6.45) is 0. The molecular formula is C19H13NSe. The zero-order chi connectivity index (χ0) is 14.5. The summed E-state index contributed by atoms with van der Waals surface area (Å²) in [6, 6.07) is 29.0. The first-order valence-electron chi connectivity index (χ1n) is 6.69. The van der Waals surface area contributed by atoms with Crippen LogP contribution in [0.3, 0.4) is 0 Å². The Morgan fingerprint density at radius 3 is 2.10 bits per heavy atom. The van der Waals surface area contributed by atoms with Crippen LogP contribution in [0.5, 0.6) is 0 Å². The molecule has 100 valence electrons. The van der Waals surface area contributed by atoms with Gasteiger partial charge in [-0.3, -0.25) is 0 Å². The van der Waals surface area contributed by atoms with E-state index < -0.39 is 0 Å². The molecule has 0 atom stereocenters. The number of nitriles is 1. The molecule has 3 aromatic carbocycles. The Morgan fingerprint density at radius 1 is 0.714 bits per heavy atom. The van der Waals surface area contributed by atoms with E-state index >= 15 is 0 Å². The summed E-state index contributed by atoms with van der Waals surface area (Å²) >= 11 is 0.283. The van der Waals surface area contributed by atoms with E-state index in [2.05, 4.69) is 54.6 Å². The number of rotatable bonds is 3. The Labute approximate surface area is 131 Å². The first kappa shape index (κ1) is 13.6. The van der Waals surface area contributed by atoms with Crippen LogP contribution in [0.25, 0.3) is 11.1 Å². The number of benzene rings is 3. The van der Waals surface area contributed by atoms with Crippen LogP contribution in [0.1, 0.15) is 5.56 Å². The van der Waals surface area contributed by atoms with Crippen molar-refractivity contribution in [2.75, 3.05) is 0 Å². The van der Waals surface area contributed by atoms with E-state index in [0.717, 1.165) is 0 Å². The van der Waals surface area contributed by atoms with E-state index in [1.807, 2.05) is 30.3 Å². The Balaban J connectivity index is 1.97. The maximum atomic E-state index is 8.90. The zero-order valence-corrected chi connectivity index (χ0v) is 13.1. The third-order valence-corrected chi connectivity index (χ3v) is 5.46. The summed E-state index contributed by atoms with van der Waals surface area (Å²) in [5, 5.41) is 8.90. The molecule has 0 aliphatic heterocycles. The molecule has 0 spiro atoms. The van der Waals surface area contributed by atoms with E-state index in [1.54, 1.807) is 0 Å². The van der Waals surface area contributed by atoms with Crippen molar-refractivity contribution < 1.29 is 0 Å². The molecule has 0 saturated carbocycles. The van der Waals surface area contributed by atoms with Gasteiger partial charge >= 0.3 is 131 Å². The van der Waals surface area contributed by atoms with Gasteiger partial charge in [0.15, 0.2) is 0 Å². The predicted molar refractivity (Wildman–Crippen MR) is 88.1 cm³/mol. The standard InChI is InChI=1S/C19H13NSe/c20-14-15-10-12-16(13-11-15)18-8-4-5-9-19(18)21-17-6-2-1-3-7-17/h1-13H. The van der Waals surface area contributed by atoms with Gasteiger partial charge in [0.2, 0.25) is 0 Å². The van der Waals surface area contributed by atoms with E-state index in [4.69, 9.17) is 5.26 Å². The average molecular weight is 334 g/mol. The molecule has 0 heterocycles. The Hall–Kier alpha value is -2.33. The van der Waals surface area contributed by atoms with Crippen LogP contribution >= 0.6 is 0 Å². The van der Waals surface area contributed by atoms with Gasteiger partial charge in [0, 0.05) is 0 Å². The monoisotopic (exact) mass is 335 g/mol. The molecule has 0 radical (unpaired) electrons. The average Bonchev–Trinajstić information content (AvgIpc) is 2.56. The van der Waals surface area contributed by atoms with Gasteiger partial charge in [0.25, 0.3) is 0 Å². The van der Waals surface area contributed by atoms with Crippen LogP contribution in [-0.2, 0) is 0 Å². The summed E-state index contributed by atoms with van der Waals surface area (Å²) in [6.45, 7) is 0. The summed E-state index contributed by atoms with van der Waals surface area (Å²) in [5.41, 5.74) is 3.12. The fraction of sp³-hybridized carbons (Fsp3) is 0. The minimum absolute atomic E-state index is 0.283. The van der Waals surface area contributed by atoms with Crippen LogP contribution in [0.2, 0.25) is 0 Å². The van der Waals surface area contributed by atoms with E-state index in [0.29, 0.717) is 5.56 Å². The fourth-order valence-electron chi connectivity index (χ4n) is 2.13. The van der Waals surface area contributed by atoms with Gasteiger partial charge < -0.3 is 0 Å². The van der Waals surface area contributed by atoms with E-state index in [-0.39, 0.29) is 15.0 Å². The maximum absolute atomic E-state index is 8.90. The molecule has 2 heteroatoms. The second-order valence-electron chi connectivity index (χ2n) is 4.60. The van der Waals surface area contributed by atoms with Crippen molar-refractivity contribution in [3.8, 4) is 17.2 Å². The molecule has 0 N–H and O–H groups in total. The molecule has 0 saturated heterocycles. The summed E-state index contributed by atoms with van der Waals surface area (Å²) in [4.78, 5) is 0. The van der Waals surface area contributed by atoms with Gasteiger partial charge in [-0.2, -0.15) is 0 Å². The predicted octanol–water partition coefficient (Wildman–Crippen LogP) is 2.88. The van der Waals surface area contributed by atoms with Crippen molar-refractivity contribution in [2.24, 2.45) is 0 Å². The SMILES string of the molecule is N#Cc1ccc(-c2ccccc2[Se]c2ccccc2)cc1. The first-order chi connectivity index (χ1) is 10.4. The van der Waals surface area contributed by atoms with Gasteiger partial charge in [0.1, 0.15) is 0 Å². The Morgan fingerprint density at radius 2 is 1.38 bits per heavy atom. The van der Waals surface area contributed by atoms with Crippen LogP contribution in [0.4, 0.5) is 0 Å². The quantitative estimate of drug-likeness (QED) is 0.676. The van der Waals surface area contributed by atoms with Crippen molar-refractivity contribution in [2.45, 2.75) is 0 Å². The van der Waals surface area contributed by atoms with Crippen LogP contribution in [-0.4, -0.2) is 15.0 Å². The molecule has 0 aliphatic carbocycles.